The average Bonchev–Trinajstić information content (AvgIpc) is 2.56. The predicted octanol–water partition coefficient (Wildman–Crippen LogP) is -0.0447. The number of ether oxygens (including phenoxy) is 1. The van der Waals surface area contributed by atoms with E-state index in [0.717, 1.165) is 13.0 Å². The lowest BCUT2D eigenvalue weighted by molar-refractivity contribution is -0.0471. The maximum absolute atomic E-state index is 5.88. The second-order valence-electron chi connectivity index (χ2n) is 3.29. The van der Waals surface area contributed by atoms with Gasteiger partial charge < -0.3 is 15.0 Å². The first-order valence-corrected chi connectivity index (χ1v) is 4.54. The summed E-state index contributed by atoms with van der Waals surface area (Å²) < 4.78 is 7.45. The third kappa shape index (κ3) is 1.45. The van der Waals surface area contributed by atoms with Gasteiger partial charge in [-0.1, -0.05) is 0 Å². The number of aromatic nitrogens is 3. The molecular weight excluding hydrogens is 168 g/mol. The van der Waals surface area contributed by atoms with Crippen LogP contribution in [-0.4, -0.2) is 33.5 Å². The van der Waals surface area contributed by atoms with E-state index < -0.39 is 0 Å². The van der Waals surface area contributed by atoms with Crippen LogP contribution in [0.4, 0.5) is 0 Å². The zero-order valence-electron chi connectivity index (χ0n) is 7.63. The summed E-state index contributed by atoms with van der Waals surface area (Å²) in [7, 11) is 0. The van der Waals surface area contributed by atoms with Gasteiger partial charge >= 0.3 is 0 Å². The largest absolute Gasteiger partial charge is 0.376 e. The van der Waals surface area contributed by atoms with Gasteiger partial charge in [0.15, 0.2) is 0 Å². The molecule has 1 aliphatic carbocycles. The Morgan fingerprint density at radius 3 is 2.77 bits per heavy atom. The van der Waals surface area contributed by atoms with E-state index in [1.165, 1.54) is 0 Å². The van der Waals surface area contributed by atoms with Crippen LogP contribution < -0.4 is 5.73 Å². The molecule has 0 bridgehead atoms. The minimum Gasteiger partial charge on any atom is -0.376 e. The quantitative estimate of drug-likeness (QED) is 0.712. The van der Waals surface area contributed by atoms with Crippen LogP contribution >= 0.6 is 0 Å². The molecule has 3 atom stereocenters. The summed E-state index contributed by atoms with van der Waals surface area (Å²) in [5.41, 5.74) is 5.88. The molecule has 0 aliphatic heterocycles. The molecule has 1 aromatic rings. The number of hydrogen-bond acceptors (Lipinski definition) is 4. The zero-order valence-corrected chi connectivity index (χ0v) is 7.63. The number of nitrogens with zero attached hydrogens (tertiary/aromatic N) is 3. The summed E-state index contributed by atoms with van der Waals surface area (Å²) in [6.07, 6.45) is 4.54. The van der Waals surface area contributed by atoms with Crippen LogP contribution in [0, 0.1) is 0 Å². The van der Waals surface area contributed by atoms with E-state index in [2.05, 4.69) is 10.2 Å². The molecule has 2 rings (SSSR count). The number of rotatable bonds is 3. The molecule has 3 unspecified atom stereocenters. The third-order valence-corrected chi connectivity index (χ3v) is 2.49. The first-order valence-electron chi connectivity index (χ1n) is 4.54. The standard InChI is InChI=1S/C8H14N4O/c1-2-13-7-3-6(9)8(7)12-4-10-11-5-12/h4-8H,2-3,9H2,1H3. The average molecular weight is 182 g/mol. The Labute approximate surface area is 76.9 Å². The van der Waals surface area contributed by atoms with Crippen LogP contribution in [-0.2, 0) is 4.74 Å². The smallest absolute Gasteiger partial charge is 0.119 e. The molecule has 72 valence electrons. The fourth-order valence-electron chi connectivity index (χ4n) is 1.78. The second kappa shape index (κ2) is 3.43. The van der Waals surface area contributed by atoms with Crippen molar-refractivity contribution in [3.63, 3.8) is 0 Å². The van der Waals surface area contributed by atoms with E-state index in [0.29, 0.717) is 0 Å². The first-order chi connectivity index (χ1) is 6.33. The van der Waals surface area contributed by atoms with Gasteiger partial charge in [0.2, 0.25) is 0 Å². The summed E-state index contributed by atoms with van der Waals surface area (Å²) in [5, 5.41) is 7.51. The Hall–Kier alpha value is -0.940. The van der Waals surface area contributed by atoms with Gasteiger partial charge in [0, 0.05) is 12.6 Å². The van der Waals surface area contributed by atoms with Crippen LogP contribution in [0.5, 0.6) is 0 Å². The van der Waals surface area contributed by atoms with Crippen molar-refractivity contribution < 1.29 is 4.74 Å². The molecule has 1 fully saturated rings. The van der Waals surface area contributed by atoms with Crippen molar-refractivity contribution in [1.29, 1.82) is 0 Å². The maximum atomic E-state index is 5.88. The minimum absolute atomic E-state index is 0.174. The van der Waals surface area contributed by atoms with Gasteiger partial charge in [0.1, 0.15) is 12.7 Å². The van der Waals surface area contributed by atoms with Crippen LogP contribution in [0.1, 0.15) is 19.4 Å². The van der Waals surface area contributed by atoms with Gasteiger partial charge in [0.05, 0.1) is 12.1 Å². The van der Waals surface area contributed by atoms with Crippen molar-refractivity contribution in [1.82, 2.24) is 14.8 Å². The van der Waals surface area contributed by atoms with E-state index in [1.54, 1.807) is 12.7 Å². The zero-order chi connectivity index (χ0) is 9.26. The topological polar surface area (TPSA) is 66.0 Å². The van der Waals surface area contributed by atoms with Crippen LogP contribution in [0.25, 0.3) is 0 Å². The lowest BCUT2D eigenvalue weighted by atomic mass is 9.83. The van der Waals surface area contributed by atoms with Gasteiger partial charge in [-0.2, -0.15) is 0 Å². The van der Waals surface area contributed by atoms with Crippen molar-refractivity contribution in [2.24, 2.45) is 5.73 Å². The summed E-state index contributed by atoms with van der Waals surface area (Å²) in [6, 6.07) is 0.391. The van der Waals surface area contributed by atoms with E-state index in [4.69, 9.17) is 10.5 Å². The Bertz CT molecular complexity index is 259. The SMILES string of the molecule is CCOC1CC(N)C1n1cnnc1. The molecule has 2 N–H and O–H groups in total. The molecule has 0 saturated heterocycles. The van der Waals surface area contributed by atoms with Crippen molar-refractivity contribution >= 4 is 0 Å². The molecule has 13 heavy (non-hydrogen) atoms. The molecule has 5 heteroatoms. The van der Waals surface area contributed by atoms with Crippen molar-refractivity contribution in [2.75, 3.05) is 6.61 Å². The highest BCUT2D eigenvalue weighted by Crippen LogP contribution is 2.33. The van der Waals surface area contributed by atoms with Gasteiger partial charge in [-0.05, 0) is 13.3 Å². The van der Waals surface area contributed by atoms with Crippen LogP contribution in [0.3, 0.4) is 0 Å². The third-order valence-electron chi connectivity index (χ3n) is 2.49. The Morgan fingerprint density at radius 1 is 1.54 bits per heavy atom. The summed E-state index contributed by atoms with van der Waals surface area (Å²) in [6.45, 7) is 2.73. The lowest BCUT2D eigenvalue weighted by Crippen LogP contribution is -2.52. The van der Waals surface area contributed by atoms with E-state index in [-0.39, 0.29) is 18.2 Å². The monoisotopic (exact) mass is 182 g/mol. The molecule has 1 saturated carbocycles. The molecule has 1 aliphatic rings. The molecular formula is C8H14N4O. The summed E-state index contributed by atoms with van der Waals surface area (Å²) in [4.78, 5) is 0. The molecule has 0 radical (unpaired) electrons. The van der Waals surface area contributed by atoms with E-state index in [9.17, 15) is 0 Å². The fourth-order valence-corrected chi connectivity index (χ4v) is 1.78. The number of hydrogen-bond donors (Lipinski definition) is 1. The van der Waals surface area contributed by atoms with Crippen LogP contribution in [0.15, 0.2) is 12.7 Å². The molecule has 0 spiro atoms. The second-order valence-corrected chi connectivity index (χ2v) is 3.29. The fraction of sp³-hybridized carbons (Fsp3) is 0.750. The first kappa shape index (κ1) is 8.65. The summed E-state index contributed by atoms with van der Waals surface area (Å²) in [5.74, 6) is 0. The normalized spacial score (nSPS) is 32.9. The molecule has 5 nitrogen and oxygen atoms in total. The van der Waals surface area contributed by atoms with E-state index in [1.807, 2.05) is 11.5 Å². The van der Waals surface area contributed by atoms with Crippen molar-refractivity contribution in [3.8, 4) is 0 Å². The van der Waals surface area contributed by atoms with Gasteiger partial charge in [-0.15, -0.1) is 10.2 Å². The van der Waals surface area contributed by atoms with Crippen molar-refractivity contribution in [3.05, 3.63) is 12.7 Å². The Kier molecular flexibility index (Phi) is 2.28. The minimum atomic E-state index is 0.174. The van der Waals surface area contributed by atoms with Crippen molar-refractivity contribution in [2.45, 2.75) is 31.5 Å². The molecule has 0 amide bonds. The van der Waals surface area contributed by atoms with Gasteiger partial charge in [-0.25, -0.2) is 0 Å². The van der Waals surface area contributed by atoms with E-state index >= 15 is 0 Å². The highest BCUT2D eigenvalue weighted by molar-refractivity contribution is 4.98. The highest BCUT2D eigenvalue weighted by atomic mass is 16.5. The molecule has 0 aromatic carbocycles. The number of nitrogens with two attached hydrogens (primary N) is 1. The van der Waals surface area contributed by atoms with Gasteiger partial charge in [0.25, 0.3) is 0 Å². The van der Waals surface area contributed by atoms with Gasteiger partial charge in [-0.3, -0.25) is 0 Å². The highest BCUT2D eigenvalue weighted by Gasteiger charge is 2.40. The van der Waals surface area contributed by atoms with Crippen LogP contribution in [0.2, 0.25) is 0 Å². The Morgan fingerprint density at radius 2 is 2.23 bits per heavy atom. The molecule has 1 aromatic heterocycles. The lowest BCUT2D eigenvalue weighted by Gasteiger charge is -2.42. The predicted molar refractivity (Wildman–Crippen MR) is 47.1 cm³/mol. The maximum Gasteiger partial charge on any atom is 0.119 e. The summed E-state index contributed by atoms with van der Waals surface area (Å²) >= 11 is 0. The Balaban J connectivity index is 2.04. The molecule has 1 heterocycles.